The molecule has 2 aliphatic carbocycles. The Morgan fingerprint density at radius 2 is 2.03 bits per heavy atom. The van der Waals surface area contributed by atoms with E-state index in [0.717, 1.165) is 12.8 Å². The number of hydrogen-bond acceptors (Lipinski definition) is 6. The molecule has 168 valence electrons. The molecule has 0 aromatic carbocycles. The van der Waals surface area contributed by atoms with Crippen LogP contribution in [0.2, 0.25) is 0 Å². The van der Waals surface area contributed by atoms with E-state index in [-0.39, 0.29) is 36.3 Å². The van der Waals surface area contributed by atoms with E-state index in [4.69, 9.17) is 9.26 Å². The van der Waals surface area contributed by atoms with Gasteiger partial charge in [0.05, 0.1) is 12.6 Å². The van der Waals surface area contributed by atoms with E-state index in [1.165, 1.54) is 0 Å². The first kappa shape index (κ1) is 21.6. The Morgan fingerprint density at radius 1 is 1.29 bits per heavy atom. The van der Waals surface area contributed by atoms with Gasteiger partial charge in [0.1, 0.15) is 5.69 Å². The van der Waals surface area contributed by atoms with Crippen molar-refractivity contribution in [2.24, 2.45) is 11.8 Å². The fraction of sp³-hybridized carbons (Fsp3) is 0.636. The van der Waals surface area contributed by atoms with Gasteiger partial charge in [-0.1, -0.05) is 25.1 Å². The van der Waals surface area contributed by atoms with Gasteiger partial charge in [-0.2, -0.15) is 4.98 Å². The molecule has 2 fully saturated rings. The highest BCUT2D eigenvalue weighted by atomic mass is 19.3. The molecule has 2 heterocycles. The summed E-state index contributed by atoms with van der Waals surface area (Å²) in [6.07, 6.45) is 2.39. The number of carbonyl (C=O) groups is 1. The highest BCUT2D eigenvalue weighted by Crippen LogP contribution is 2.50. The van der Waals surface area contributed by atoms with Crippen LogP contribution in [0.15, 0.2) is 16.7 Å². The summed E-state index contributed by atoms with van der Waals surface area (Å²) in [6.45, 7) is 6.26. The third-order valence-electron chi connectivity index (χ3n) is 5.67. The predicted molar refractivity (Wildman–Crippen MR) is 108 cm³/mol. The number of halogens is 2. The van der Waals surface area contributed by atoms with E-state index < -0.39 is 17.9 Å². The summed E-state index contributed by atoms with van der Waals surface area (Å²) in [5.74, 6) is -1.44. The maximum absolute atomic E-state index is 13.4. The molecule has 0 radical (unpaired) electrons. The van der Waals surface area contributed by atoms with E-state index >= 15 is 0 Å². The highest BCUT2D eigenvalue weighted by molar-refractivity contribution is 5.92. The second kappa shape index (κ2) is 8.51. The molecule has 31 heavy (non-hydrogen) atoms. The Morgan fingerprint density at radius 3 is 2.61 bits per heavy atom. The molecule has 1 N–H and O–H groups in total. The zero-order valence-corrected chi connectivity index (χ0v) is 18.0. The van der Waals surface area contributed by atoms with Crippen LogP contribution in [0.5, 0.6) is 5.88 Å². The first-order valence-electron chi connectivity index (χ1n) is 10.8. The standard InChI is InChI=1S/C22H28F2N4O3/c1-12(2)8-18(19-25-13(3)31-28-19)26-20(29)17-7-6-16(15-9-22(23,24)10-15)21(27-17)30-11-14-4-5-14/h6-7,12,14-15,18H,4-5,8-11H2,1-3H3,(H,26,29). The number of hydrogen-bond donors (Lipinski definition) is 1. The van der Waals surface area contributed by atoms with Crippen LogP contribution in [-0.2, 0) is 0 Å². The van der Waals surface area contributed by atoms with Crippen molar-refractivity contribution in [1.82, 2.24) is 20.4 Å². The van der Waals surface area contributed by atoms with E-state index in [2.05, 4.69) is 20.4 Å². The van der Waals surface area contributed by atoms with Crippen molar-refractivity contribution in [3.8, 4) is 5.88 Å². The molecule has 0 bridgehead atoms. The van der Waals surface area contributed by atoms with Gasteiger partial charge in [-0.05, 0) is 37.2 Å². The second-order valence-corrected chi connectivity index (χ2v) is 9.13. The quantitative estimate of drug-likeness (QED) is 0.621. The lowest BCUT2D eigenvalue weighted by Gasteiger charge is -2.35. The molecule has 2 aliphatic rings. The third kappa shape index (κ3) is 5.37. The number of nitrogens with one attached hydrogen (secondary N) is 1. The lowest BCUT2D eigenvalue weighted by atomic mass is 9.77. The number of alkyl halides is 2. The minimum atomic E-state index is -2.64. The number of aryl methyl sites for hydroxylation is 1. The van der Waals surface area contributed by atoms with Gasteiger partial charge in [0.25, 0.3) is 5.91 Å². The Balaban J connectivity index is 1.52. The summed E-state index contributed by atoms with van der Waals surface area (Å²) in [5, 5.41) is 6.87. The van der Waals surface area contributed by atoms with Crippen LogP contribution in [0.3, 0.4) is 0 Å². The van der Waals surface area contributed by atoms with Crippen molar-refractivity contribution in [1.29, 1.82) is 0 Å². The molecule has 4 rings (SSSR count). The first-order chi connectivity index (χ1) is 14.7. The monoisotopic (exact) mass is 434 g/mol. The number of nitrogens with zero attached hydrogens (tertiary/aromatic N) is 3. The smallest absolute Gasteiger partial charge is 0.270 e. The molecule has 2 aromatic rings. The molecule has 7 nitrogen and oxygen atoms in total. The lowest BCUT2D eigenvalue weighted by Crippen LogP contribution is -2.34. The molecule has 1 amide bonds. The molecular weight excluding hydrogens is 406 g/mol. The van der Waals surface area contributed by atoms with Gasteiger partial charge in [0.15, 0.2) is 5.82 Å². The molecule has 1 atom stereocenters. The molecule has 2 saturated carbocycles. The number of amides is 1. The normalized spacial score (nSPS) is 19.2. The molecular formula is C22H28F2N4O3. The average molecular weight is 434 g/mol. The van der Waals surface area contributed by atoms with Crippen LogP contribution in [0.4, 0.5) is 8.78 Å². The van der Waals surface area contributed by atoms with Crippen LogP contribution >= 0.6 is 0 Å². The lowest BCUT2D eigenvalue weighted by molar-refractivity contribution is -0.0872. The average Bonchev–Trinajstić information content (AvgIpc) is 3.42. The largest absolute Gasteiger partial charge is 0.477 e. The van der Waals surface area contributed by atoms with Gasteiger partial charge < -0.3 is 14.6 Å². The number of pyridine rings is 1. The van der Waals surface area contributed by atoms with Crippen molar-refractivity contribution >= 4 is 5.91 Å². The maximum atomic E-state index is 13.4. The van der Waals surface area contributed by atoms with Gasteiger partial charge in [0.2, 0.25) is 17.7 Å². The summed E-state index contributed by atoms with van der Waals surface area (Å²) >= 11 is 0. The molecule has 0 spiro atoms. The first-order valence-corrected chi connectivity index (χ1v) is 10.8. The van der Waals surface area contributed by atoms with Crippen molar-refractivity contribution in [3.05, 3.63) is 35.1 Å². The van der Waals surface area contributed by atoms with E-state index in [1.54, 1.807) is 19.1 Å². The molecule has 9 heteroatoms. The summed E-state index contributed by atoms with van der Waals surface area (Å²) in [6, 6.07) is 2.84. The Bertz CT molecular complexity index is 935. The third-order valence-corrected chi connectivity index (χ3v) is 5.67. The van der Waals surface area contributed by atoms with Gasteiger partial charge in [0, 0.05) is 31.2 Å². The molecule has 0 saturated heterocycles. The Labute approximate surface area is 180 Å². The van der Waals surface area contributed by atoms with Gasteiger partial charge in [-0.25, -0.2) is 13.8 Å². The van der Waals surface area contributed by atoms with Crippen LogP contribution in [0.25, 0.3) is 0 Å². The molecule has 2 aromatic heterocycles. The number of ether oxygens (including phenoxy) is 1. The van der Waals surface area contributed by atoms with Crippen LogP contribution in [0, 0.1) is 18.8 Å². The summed E-state index contributed by atoms with van der Waals surface area (Å²) in [7, 11) is 0. The Kier molecular flexibility index (Phi) is 5.94. The Hall–Kier alpha value is -2.58. The van der Waals surface area contributed by atoms with Crippen molar-refractivity contribution in [2.75, 3.05) is 6.61 Å². The highest BCUT2D eigenvalue weighted by Gasteiger charge is 2.47. The zero-order valence-electron chi connectivity index (χ0n) is 18.0. The van der Waals surface area contributed by atoms with E-state index in [0.29, 0.717) is 36.2 Å². The SMILES string of the molecule is Cc1nc(C(CC(C)C)NC(=O)c2ccc(C3CC(F)(F)C3)c(OCC3CC3)n2)no1. The van der Waals surface area contributed by atoms with Gasteiger partial charge in [-0.3, -0.25) is 4.79 Å². The predicted octanol–water partition coefficient (Wildman–Crippen LogP) is 4.59. The van der Waals surface area contributed by atoms with Crippen molar-refractivity contribution in [2.45, 2.75) is 70.8 Å². The fourth-order valence-electron chi connectivity index (χ4n) is 3.76. The van der Waals surface area contributed by atoms with Gasteiger partial charge in [-0.15, -0.1) is 0 Å². The topological polar surface area (TPSA) is 90.1 Å². The van der Waals surface area contributed by atoms with E-state index in [1.807, 2.05) is 13.8 Å². The fourth-order valence-corrected chi connectivity index (χ4v) is 3.76. The van der Waals surface area contributed by atoms with E-state index in [9.17, 15) is 13.6 Å². The minimum absolute atomic E-state index is 0.176. The minimum Gasteiger partial charge on any atom is -0.477 e. The van der Waals surface area contributed by atoms with Crippen molar-refractivity contribution < 1.29 is 22.8 Å². The van der Waals surface area contributed by atoms with Crippen LogP contribution < -0.4 is 10.1 Å². The number of rotatable bonds is 9. The zero-order chi connectivity index (χ0) is 22.2. The summed E-state index contributed by atoms with van der Waals surface area (Å²) in [4.78, 5) is 21.6. The van der Waals surface area contributed by atoms with Crippen LogP contribution in [0.1, 0.15) is 85.7 Å². The van der Waals surface area contributed by atoms with Gasteiger partial charge >= 0.3 is 0 Å². The number of carbonyl (C=O) groups excluding carboxylic acids is 1. The maximum Gasteiger partial charge on any atom is 0.270 e. The molecule has 0 aliphatic heterocycles. The molecule has 1 unspecified atom stereocenters. The number of aromatic nitrogens is 3. The van der Waals surface area contributed by atoms with Crippen LogP contribution in [-0.4, -0.2) is 33.6 Å². The summed E-state index contributed by atoms with van der Waals surface area (Å²) < 4.78 is 37.7. The summed E-state index contributed by atoms with van der Waals surface area (Å²) in [5.41, 5.74) is 0.824. The van der Waals surface area contributed by atoms with Crippen molar-refractivity contribution in [3.63, 3.8) is 0 Å². The second-order valence-electron chi connectivity index (χ2n) is 9.13.